The summed E-state index contributed by atoms with van der Waals surface area (Å²) in [6.45, 7) is -0.263. The Kier molecular flexibility index (Phi) is 4.58. The number of carbonyl (C=O) groups excluding carboxylic acids is 2. The van der Waals surface area contributed by atoms with Crippen molar-refractivity contribution >= 4 is 23.4 Å². The van der Waals surface area contributed by atoms with Crippen molar-refractivity contribution in [2.45, 2.75) is 18.3 Å². The maximum atomic E-state index is 12.4. The van der Waals surface area contributed by atoms with Crippen LogP contribution in [-0.2, 0) is 14.9 Å². The van der Waals surface area contributed by atoms with Crippen LogP contribution in [0.15, 0.2) is 48.5 Å². The molecule has 0 spiro atoms. The number of methoxy groups -OCH3 is 1. The molecule has 0 unspecified atom stereocenters. The zero-order valence-corrected chi connectivity index (χ0v) is 14.0. The molecule has 0 aliphatic heterocycles. The molecular weight excluding hydrogens is 328 g/mol. The molecule has 4 nitrogen and oxygen atoms in total. The molecular formula is C19H17ClO4. The SMILES string of the molecule is COc1ccc(C(=O)COC(=O)C2(c3ccc(Cl)cc3)CC2)cc1. The summed E-state index contributed by atoms with van der Waals surface area (Å²) in [6.07, 6.45) is 1.45. The zero-order valence-electron chi connectivity index (χ0n) is 13.3. The van der Waals surface area contributed by atoms with Crippen LogP contribution in [0.25, 0.3) is 0 Å². The molecule has 0 saturated heterocycles. The second kappa shape index (κ2) is 6.65. The largest absolute Gasteiger partial charge is 0.497 e. The standard InChI is InChI=1S/C19H17ClO4/c1-23-16-8-2-13(3-9-16)17(21)12-24-18(22)19(10-11-19)14-4-6-15(20)7-5-14/h2-9H,10-12H2,1H3. The lowest BCUT2D eigenvalue weighted by Crippen LogP contribution is -2.25. The van der Waals surface area contributed by atoms with Crippen molar-refractivity contribution < 1.29 is 19.1 Å². The highest BCUT2D eigenvalue weighted by molar-refractivity contribution is 6.30. The van der Waals surface area contributed by atoms with Crippen molar-refractivity contribution in [1.29, 1.82) is 0 Å². The van der Waals surface area contributed by atoms with E-state index in [9.17, 15) is 9.59 Å². The Labute approximate surface area is 145 Å². The van der Waals surface area contributed by atoms with Gasteiger partial charge in [-0.2, -0.15) is 0 Å². The third-order valence-electron chi connectivity index (χ3n) is 4.28. The Balaban J connectivity index is 1.62. The quantitative estimate of drug-likeness (QED) is 0.590. The van der Waals surface area contributed by atoms with Gasteiger partial charge in [0.25, 0.3) is 0 Å². The van der Waals surface area contributed by atoms with Gasteiger partial charge in [-0.15, -0.1) is 0 Å². The number of rotatable bonds is 6. The summed E-state index contributed by atoms with van der Waals surface area (Å²) in [5.41, 5.74) is 0.749. The highest BCUT2D eigenvalue weighted by Gasteiger charge is 2.52. The summed E-state index contributed by atoms with van der Waals surface area (Å²) in [4.78, 5) is 24.6. The summed E-state index contributed by atoms with van der Waals surface area (Å²) in [6, 6.07) is 13.9. The van der Waals surface area contributed by atoms with Crippen molar-refractivity contribution in [3.63, 3.8) is 0 Å². The number of hydrogen-bond acceptors (Lipinski definition) is 4. The van der Waals surface area contributed by atoms with Crippen LogP contribution in [0.5, 0.6) is 5.75 Å². The second-order valence-electron chi connectivity index (χ2n) is 5.82. The van der Waals surface area contributed by atoms with Gasteiger partial charge in [-0.25, -0.2) is 0 Å². The van der Waals surface area contributed by atoms with Gasteiger partial charge in [0, 0.05) is 10.6 Å². The fourth-order valence-electron chi connectivity index (χ4n) is 2.63. The van der Waals surface area contributed by atoms with Crippen LogP contribution in [0, 0.1) is 0 Å². The van der Waals surface area contributed by atoms with Crippen LogP contribution >= 0.6 is 11.6 Å². The minimum Gasteiger partial charge on any atom is -0.497 e. The topological polar surface area (TPSA) is 52.6 Å². The lowest BCUT2D eigenvalue weighted by Gasteiger charge is -2.14. The molecule has 1 aliphatic rings. The average molecular weight is 345 g/mol. The summed E-state index contributed by atoms with van der Waals surface area (Å²) in [5.74, 6) is 0.0767. The molecule has 0 atom stereocenters. The van der Waals surface area contributed by atoms with Gasteiger partial charge in [0.05, 0.1) is 12.5 Å². The van der Waals surface area contributed by atoms with E-state index < -0.39 is 5.41 Å². The van der Waals surface area contributed by atoms with Gasteiger partial charge in [0.1, 0.15) is 5.75 Å². The Morgan fingerprint density at radius 1 is 1.04 bits per heavy atom. The molecule has 0 radical (unpaired) electrons. The second-order valence-corrected chi connectivity index (χ2v) is 6.25. The number of halogens is 1. The number of Topliss-reactive ketones (excluding diaryl/α,β-unsaturated/α-hetero) is 1. The van der Waals surface area contributed by atoms with Crippen LogP contribution in [0.4, 0.5) is 0 Å². The van der Waals surface area contributed by atoms with Gasteiger partial charge < -0.3 is 9.47 Å². The zero-order chi connectivity index (χ0) is 17.2. The van der Waals surface area contributed by atoms with Crippen molar-refractivity contribution in [2.75, 3.05) is 13.7 Å². The van der Waals surface area contributed by atoms with Crippen molar-refractivity contribution in [1.82, 2.24) is 0 Å². The molecule has 0 amide bonds. The minimum atomic E-state index is -0.620. The Morgan fingerprint density at radius 3 is 2.21 bits per heavy atom. The lowest BCUT2D eigenvalue weighted by atomic mass is 9.96. The van der Waals surface area contributed by atoms with Gasteiger partial charge in [0.2, 0.25) is 0 Å². The molecule has 0 aromatic heterocycles. The fourth-order valence-corrected chi connectivity index (χ4v) is 2.76. The number of carbonyl (C=O) groups is 2. The summed E-state index contributed by atoms with van der Waals surface area (Å²) >= 11 is 5.88. The van der Waals surface area contributed by atoms with Crippen LogP contribution in [0.3, 0.4) is 0 Å². The molecule has 24 heavy (non-hydrogen) atoms. The van der Waals surface area contributed by atoms with Crippen LogP contribution < -0.4 is 4.74 Å². The van der Waals surface area contributed by atoms with Gasteiger partial charge >= 0.3 is 5.97 Å². The first-order chi connectivity index (χ1) is 11.5. The van der Waals surface area contributed by atoms with Crippen molar-refractivity contribution in [2.24, 2.45) is 0 Å². The molecule has 1 aliphatic carbocycles. The molecule has 2 aromatic carbocycles. The van der Waals surface area contributed by atoms with E-state index >= 15 is 0 Å². The summed E-state index contributed by atoms with van der Waals surface area (Å²) in [7, 11) is 1.56. The van der Waals surface area contributed by atoms with E-state index in [1.54, 1.807) is 43.5 Å². The lowest BCUT2D eigenvalue weighted by molar-refractivity contribution is -0.145. The first-order valence-corrected chi connectivity index (χ1v) is 8.03. The van der Waals surface area contributed by atoms with E-state index in [1.165, 1.54) is 0 Å². The number of benzene rings is 2. The van der Waals surface area contributed by atoms with Crippen molar-refractivity contribution in [3.05, 3.63) is 64.7 Å². The Bertz CT molecular complexity index is 746. The highest BCUT2D eigenvalue weighted by Crippen LogP contribution is 2.49. The number of ketones is 1. The normalized spacial score (nSPS) is 14.8. The first-order valence-electron chi connectivity index (χ1n) is 7.66. The van der Waals surface area contributed by atoms with E-state index in [2.05, 4.69) is 0 Å². The van der Waals surface area contributed by atoms with E-state index in [0.717, 1.165) is 18.4 Å². The van der Waals surface area contributed by atoms with E-state index in [1.807, 2.05) is 12.1 Å². The van der Waals surface area contributed by atoms with Gasteiger partial charge in [-0.05, 0) is 54.8 Å². The van der Waals surface area contributed by atoms with E-state index in [-0.39, 0.29) is 18.4 Å². The van der Waals surface area contributed by atoms with Crippen molar-refractivity contribution in [3.8, 4) is 5.75 Å². The summed E-state index contributed by atoms with van der Waals surface area (Å²) in [5, 5.41) is 0.623. The monoisotopic (exact) mass is 344 g/mol. The predicted molar refractivity (Wildman–Crippen MR) is 90.6 cm³/mol. The molecule has 0 bridgehead atoms. The van der Waals surface area contributed by atoms with E-state index in [4.69, 9.17) is 21.1 Å². The number of hydrogen-bond donors (Lipinski definition) is 0. The maximum Gasteiger partial charge on any atom is 0.317 e. The molecule has 5 heteroatoms. The molecule has 0 N–H and O–H groups in total. The predicted octanol–water partition coefficient (Wildman–Crippen LogP) is 3.81. The van der Waals surface area contributed by atoms with Crippen LogP contribution in [0.2, 0.25) is 5.02 Å². The van der Waals surface area contributed by atoms with Crippen LogP contribution in [-0.4, -0.2) is 25.5 Å². The third kappa shape index (κ3) is 3.29. The van der Waals surface area contributed by atoms with Gasteiger partial charge in [0.15, 0.2) is 12.4 Å². The number of esters is 1. The Morgan fingerprint density at radius 2 is 1.67 bits per heavy atom. The average Bonchev–Trinajstić information content (AvgIpc) is 3.42. The fraction of sp³-hybridized carbons (Fsp3) is 0.263. The Hall–Kier alpha value is -2.33. The number of ether oxygens (including phenoxy) is 2. The van der Waals surface area contributed by atoms with Gasteiger partial charge in [-0.1, -0.05) is 23.7 Å². The maximum absolute atomic E-state index is 12.4. The van der Waals surface area contributed by atoms with Crippen LogP contribution in [0.1, 0.15) is 28.8 Å². The smallest absolute Gasteiger partial charge is 0.317 e. The third-order valence-corrected chi connectivity index (χ3v) is 4.54. The molecule has 1 fully saturated rings. The van der Waals surface area contributed by atoms with Gasteiger partial charge in [-0.3, -0.25) is 9.59 Å². The minimum absolute atomic E-state index is 0.238. The molecule has 3 rings (SSSR count). The molecule has 1 saturated carbocycles. The van der Waals surface area contributed by atoms with E-state index in [0.29, 0.717) is 16.3 Å². The molecule has 0 heterocycles. The first kappa shape index (κ1) is 16.5. The summed E-state index contributed by atoms with van der Waals surface area (Å²) < 4.78 is 10.3. The highest BCUT2D eigenvalue weighted by atomic mass is 35.5. The molecule has 2 aromatic rings. The molecule has 124 valence electrons.